The highest BCUT2D eigenvalue weighted by Crippen LogP contribution is 2.47. The van der Waals surface area contributed by atoms with Gasteiger partial charge < -0.3 is 10.4 Å². The van der Waals surface area contributed by atoms with Crippen molar-refractivity contribution in [3.8, 4) is 0 Å². The van der Waals surface area contributed by atoms with Gasteiger partial charge in [-0.3, -0.25) is 19.3 Å². The number of carboxylic acids is 1. The van der Waals surface area contributed by atoms with Gasteiger partial charge in [0.15, 0.2) is 5.78 Å². The van der Waals surface area contributed by atoms with Crippen LogP contribution in [-0.4, -0.2) is 22.8 Å². The number of ketones is 1. The van der Waals surface area contributed by atoms with Crippen LogP contribution in [0.2, 0.25) is 5.02 Å². The molecule has 1 amide bonds. The quantitative estimate of drug-likeness (QED) is 0.441. The first-order valence-electron chi connectivity index (χ1n) is 11.9. The maximum Gasteiger partial charge on any atom is 0.303 e. The van der Waals surface area contributed by atoms with Gasteiger partial charge in [-0.15, -0.1) is 0 Å². The molecule has 0 fully saturated rings. The van der Waals surface area contributed by atoms with Gasteiger partial charge in [0.2, 0.25) is 5.91 Å². The molecule has 1 heterocycles. The number of aliphatic carboxylic acids is 1. The van der Waals surface area contributed by atoms with Gasteiger partial charge in [-0.1, -0.05) is 66.2 Å². The molecule has 0 saturated carbocycles. The number of benzene rings is 3. The normalized spacial score (nSPS) is 19.1. The number of hydrogen-bond donors (Lipinski definition) is 2. The highest BCUT2D eigenvalue weighted by Gasteiger charge is 2.41. The first kappa shape index (κ1) is 23.8. The van der Waals surface area contributed by atoms with Crippen molar-refractivity contribution >= 4 is 40.6 Å². The summed E-state index contributed by atoms with van der Waals surface area (Å²) in [5, 5.41) is 13.3. The van der Waals surface area contributed by atoms with Gasteiger partial charge in [0.05, 0.1) is 23.8 Å². The third-order valence-electron chi connectivity index (χ3n) is 6.77. The van der Waals surface area contributed by atoms with Gasteiger partial charge in [-0.25, -0.2) is 0 Å². The van der Waals surface area contributed by atoms with Crippen molar-refractivity contribution in [1.82, 2.24) is 0 Å². The number of carbonyl (C=O) groups is 3. The Hall–Kier alpha value is -3.90. The van der Waals surface area contributed by atoms with Crippen molar-refractivity contribution in [2.75, 3.05) is 10.2 Å². The van der Waals surface area contributed by atoms with E-state index in [-0.39, 0.29) is 30.4 Å². The molecule has 1 aliphatic carbocycles. The van der Waals surface area contributed by atoms with Gasteiger partial charge in [0, 0.05) is 29.1 Å². The first-order valence-corrected chi connectivity index (χ1v) is 12.3. The molecule has 0 aromatic heterocycles. The Bertz CT molecular complexity index is 1350. The van der Waals surface area contributed by atoms with Gasteiger partial charge in [0.1, 0.15) is 0 Å². The lowest BCUT2D eigenvalue weighted by Gasteiger charge is -2.35. The third-order valence-corrected chi connectivity index (χ3v) is 7.02. The van der Waals surface area contributed by atoms with E-state index in [0.717, 1.165) is 16.8 Å². The number of rotatable bonds is 5. The molecule has 2 atom stereocenters. The molecule has 36 heavy (non-hydrogen) atoms. The fraction of sp³-hybridized carbons (Fsp3) is 0.207. The van der Waals surface area contributed by atoms with E-state index in [1.54, 1.807) is 17.0 Å². The van der Waals surface area contributed by atoms with Gasteiger partial charge in [-0.2, -0.15) is 0 Å². The Balaban J connectivity index is 1.68. The van der Waals surface area contributed by atoms with Crippen molar-refractivity contribution in [2.45, 2.75) is 37.6 Å². The number of nitrogens with zero attached hydrogens (tertiary/aromatic N) is 1. The minimum Gasteiger partial charge on any atom is -0.481 e. The van der Waals surface area contributed by atoms with Crippen molar-refractivity contribution in [2.24, 2.45) is 0 Å². The van der Waals surface area contributed by atoms with Crippen LogP contribution < -0.4 is 10.2 Å². The molecule has 7 heteroatoms. The number of para-hydroxylation sites is 2. The fourth-order valence-electron chi connectivity index (χ4n) is 5.12. The Morgan fingerprint density at radius 1 is 0.889 bits per heavy atom. The number of Topliss-reactive ketones (excluding diaryl/α,β-unsaturated/α-hetero) is 1. The van der Waals surface area contributed by atoms with Crippen LogP contribution in [0.1, 0.15) is 48.8 Å². The van der Waals surface area contributed by atoms with Gasteiger partial charge in [0.25, 0.3) is 0 Å². The number of halogens is 1. The van der Waals surface area contributed by atoms with E-state index in [0.29, 0.717) is 34.8 Å². The minimum absolute atomic E-state index is 0.0113. The Kier molecular flexibility index (Phi) is 6.61. The average molecular weight is 501 g/mol. The molecule has 0 bridgehead atoms. The van der Waals surface area contributed by atoms with Crippen molar-refractivity contribution < 1.29 is 19.5 Å². The zero-order valence-electron chi connectivity index (χ0n) is 19.5. The zero-order valence-corrected chi connectivity index (χ0v) is 20.2. The summed E-state index contributed by atoms with van der Waals surface area (Å²) in [6.45, 7) is 0. The van der Waals surface area contributed by atoms with E-state index in [1.807, 2.05) is 66.7 Å². The Morgan fingerprint density at radius 2 is 1.58 bits per heavy atom. The Morgan fingerprint density at radius 3 is 2.31 bits per heavy atom. The molecule has 2 N–H and O–H groups in total. The number of nitrogens with one attached hydrogen (secondary N) is 1. The summed E-state index contributed by atoms with van der Waals surface area (Å²) in [6.07, 6.45) is 0.453. The highest BCUT2D eigenvalue weighted by atomic mass is 35.5. The third kappa shape index (κ3) is 4.64. The standard InChI is InChI=1S/C29H25ClN2O4/c30-21-12-10-19(11-13-21)29-28-23(16-20(17-25(28)33)18-6-2-1-3-7-18)31-22-8-4-5-9-24(22)32(29)26(34)14-15-27(35)36/h1-13,20,29,31H,14-17H2,(H,35,36)/t20-,29-/m0/s1. The minimum atomic E-state index is -1.05. The molecule has 1 aliphatic heterocycles. The predicted octanol–water partition coefficient (Wildman–Crippen LogP) is 6.11. The molecule has 3 aromatic carbocycles. The van der Waals surface area contributed by atoms with E-state index in [4.69, 9.17) is 11.6 Å². The maximum absolute atomic E-state index is 13.8. The highest BCUT2D eigenvalue weighted by molar-refractivity contribution is 6.30. The molecular formula is C29H25ClN2O4. The molecule has 2 aliphatic rings. The van der Waals surface area contributed by atoms with E-state index in [1.165, 1.54) is 0 Å². The monoisotopic (exact) mass is 500 g/mol. The zero-order chi connectivity index (χ0) is 25.2. The molecule has 6 nitrogen and oxygen atoms in total. The van der Waals surface area contributed by atoms with Crippen LogP contribution in [0.5, 0.6) is 0 Å². The largest absolute Gasteiger partial charge is 0.481 e. The lowest BCUT2D eigenvalue weighted by atomic mass is 9.78. The van der Waals surface area contributed by atoms with E-state index in [2.05, 4.69) is 5.32 Å². The summed E-state index contributed by atoms with van der Waals surface area (Å²) in [6, 6.07) is 23.8. The first-order chi connectivity index (χ1) is 17.4. The number of amides is 1. The second kappa shape index (κ2) is 9.99. The van der Waals surface area contributed by atoms with Crippen LogP contribution in [0.3, 0.4) is 0 Å². The molecule has 0 unspecified atom stereocenters. The number of carboxylic acid groups (broad SMARTS) is 1. The lowest BCUT2D eigenvalue weighted by molar-refractivity contribution is -0.138. The van der Waals surface area contributed by atoms with E-state index < -0.39 is 12.0 Å². The maximum atomic E-state index is 13.8. The number of carbonyl (C=O) groups excluding carboxylic acids is 2. The van der Waals surface area contributed by atoms with Gasteiger partial charge in [-0.05, 0) is 47.7 Å². The molecule has 5 rings (SSSR count). The number of hydrogen-bond acceptors (Lipinski definition) is 4. The predicted molar refractivity (Wildman–Crippen MR) is 139 cm³/mol. The molecule has 0 radical (unpaired) electrons. The van der Waals surface area contributed by atoms with E-state index >= 15 is 0 Å². The van der Waals surface area contributed by atoms with Crippen molar-refractivity contribution in [3.05, 3.63) is 106 Å². The molecular weight excluding hydrogens is 476 g/mol. The summed E-state index contributed by atoms with van der Waals surface area (Å²) in [5.41, 5.74) is 4.44. The van der Waals surface area contributed by atoms with Crippen LogP contribution >= 0.6 is 11.6 Å². The summed E-state index contributed by atoms with van der Waals surface area (Å²) in [4.78, 5) is 40.3. The van der Waals surface area contributed by atoms with Crippen molar-refractivity contribution in [1.29, 1.82) is 0 Å². The van der Waals surface area contributed by atoms with Crippen LogP contribution in [0.25, 0.3) is 0 Å². The van der Waals surface area contributed by atoms with Gasteiger partial charge >= 0.3 is 5.97 Å². The fourth-order valence-corrected chi connectivity index (χ4v) is 5.25. The van der Waals surface area contributed by atoms with E-state index in [9.17, 15) is 19.5 Å². The molecule has 182 valence electrons. The summed E-state index contributed by atoms with van der Waals surface area (Å²) in [5.74, 6) is -1.44. The molecule has 3 aromatic rings. The number of fused-ring (bicyclic) bond motifs is 1. The second-order valence-electron chi connectivity index (χ2n) is 9.08. The molecule has 0 saturated heterocycles. The van der Waals surface area contributed by atoms with Crippen LogP contribution in [0.4, 0.5) is 11.4 Å². The van der Waals surface area contributed by atoms with Crippen LogP contribution in [0.15, 0.2) is 90.1 Å². The summed E-state index contributed by atoms with van der Waals surface area (Å²) < 4.78 is 0. The number of anilines is 2. The summed E-state index contributed by atoms with van der Waals surface area (Å²) in [7, 11) is 0. The Labute approximate surface area is 214 Å². The van der Waals surface area contributed by atoms with Crippen LogP contribution in [-0.2, 0) is 14.4 Å². The smallest absolute Gasteiger partial charge is 0.303 e. The van der Waals surface area contributed by atoms with Crippen molar-refractivity contribution in [3.63, 3.8) is 0 Å². The SMILES string of the molecule is O=C(O)CCC(=O)N1c2ccccc2NC2=C(C(=O)C[C@@H](c3ccccc3)C2)[C@@H]1c1ccc(Cl)cc1. The summed E-state index contributed by atoms with van der Waals surface area (Å²) >= 11 is 6.16. The topological polar surface area (TPSA) is 86.7 Å². The van der Waals surface area contributed by atoms with Crippen LogP contribution in [0, 0.1) is 0 Å². The second-order valence-corrected chi connectivity index (χ2v) is 9.52. The number of allylic oxidation sites excluding steroid dienone is 1. The average Bonchev–Trinajstić information content (AvgIpc) is 3.03. The molecule has 0 spiro atoms. The lowest BCUT2D eigenvalue weighted by Crippen LogP contribution is -2.38.